The predicted octanol–water partition coefficient (Wildman–Crippen LogP) is 6.16. The van der Waals surface area contributed by atoms with Crippen molar-refractivity contribution in [3.8, 4) is 46.0 Å². The van der Waals surface area contributed by atoms with Gasteiger partial charge in [0.25, 0.3) is 0 Å². The molecule has 2 aliphatic heterocycles. The molecule has 4 aromatic rings. The second-order valence-corrected chi connectivity index (χ2v) is 12.2. The van der Waals surface area contributed by atoms with E-state index in [0.717, 1.165) is 60.2 Å². The summed E-state index contributed by atoms with van der Waals surface area (Å²) in [5.74, 6) is 2.86. The number of ether oxygens (including phenoxy) is 4. The van der Waals surface area contributed by atoms with Crippen molar-refractivity contribution < 1.29 is 34.3 Å². The van der Waals surface area contributed by atoms with Crippen molar-refractivity contribution in [2.75, 3.05) is 48.5 Å². The van der Waals surface area contributed by atoms with Gasteiger partial charge in [-0.15, -0.1) is 0 Å². The summed E-state index contributed by atoms with van der Waals surface area (Å²) in [6.45, 7) is 1.77. The molecule has 2 unspecified atom stereocenters. The van der Waals surface area contributed by atoms with Gasteiger partial charge in [-0.25, -0.2) is 0 Å². The molecule has 0 fully saturated rings. The second-order valence-electron chi connectivity index (χ2n) is 12.2. The molecule has 0 saturated heterocycles. The Labute approximate surface area is 270 Å². The molecule has 9 heteroatoms. The highest BCUT2D eigenvalue weighted by Crippen LogP contribution is 2.43. The average Bonchev–Trinajstić information content (AvgIpc) is 3.05. The molecule has 4 aromatic carbocycles. The fourth-order valence-electron chi connectivity index (χ4n) is 6.81. The van der Waals surface area contributed by atoms with Gasteiger partial charge in [0, 0.05) is 36.8 Å². The lowest BCUT2D eigenvalue weighted by molar-refractivity contribution is 0.227. The zero-order valence-corrected chi connectivity index (χ0v) is 27.0. The van der Waals surface area contributed by atoms with E-state index in [-0.39, 0.29) is 29.3 Å². The van der Waals surface area contributed by atoms with E-state index in [2.05, 4.69) is 36.0 Å². The van der Waals surface area contributed by atoms with Crippen LogP contribution in [0.5, 0.6) is 46.0 Å². The Balaban J connectivity index is 1.25. The maximum Gasteiger partial charge on any atom is 0.164 e. The van der Waals surface area contributed by atoms with Gasteiger partial charge in [0.15, 0.2) is 34.5 Å². The van der Waals surface area contributed by atoms with Crippen LogP contribution in [0.15, 0.2) is 60.7 Å². The normalized spacial score (nSPS) is 18.0. The fourth-order valence-corrected chi connectivity index (χ4v) is 6.81. The lowest BCUT2D eigenvalue weighted by Gasteiger charge is -2.35. The summed E-state index contributed by atoms with van der Waals surface area (Å²) in [5, 5.41) is 31.8. The number of fused-ring (bicyclic) bond motifs is 2. The molecular weight excluding hydrogens is 584 g/mol. The number of likely N-dealkylation sites (N-methyl/N-ethyl adjacent to an activating group) is 2. The van der Waals surface area contributed by atoms with Gasteiger partial charge >= 0.3 is 0 Å². The molecule has 2 heterocycles. The number of aromatic hydroxyl groups is 3. The summed E-state index contributed by atoms with van der Waals surface area (Å²) in [7, 11) is 8.83. The summed E-state index contributed by atoms with van der Waals surface area (Å²) in [4.78, 5) is 4.58. The summed E-state index contributed by atoms with van der Waals surface area (Å²) in [6, 6.07) is 19.1. The van der Waals surface area contributed by atoms with Gasteiger partial charge in [0.05, 0.1) is 21.3 Å². The Hall–Kier alpha value is -4.60. The minimum atomic E-state index is -0.0483. The molecule has 0 aliphatic carbocycles. The van der Waals surface area contributed by atoms with Gasteiger partial charge in [0.2, 0.25) is 0 Å². The smallest absolute Gasteiger partial charge is 0.164 e. The van der Waals surface area contributed by atoms with Crippen molar-refractivity contribution in [2.45, 2.75) is 37.8 Å². The van der Waals surface area contributed by atoms with Crippen LogP contribution in [0.2, 0.25) is 0 Å². The van der Waals surface area contributed by atoms with Crippen LogP contribution < -0.4 is 18.9 Å². The van der Waals surface area contributed by atoms with Crippen LogP contribution in [-0.2, 0) is 25.7 Å². The predicted molar refractivity (Wildman–Crippen MR) is 176 cm³/mol. The zero-order chi connectivity index (χ0) is 32.5. The van der Waals surface area contributed by atoms with Crippen LogP contribution in [0.4, 0.5) is 0 Å². The summed E-state index contributed by atoms with van der Waals surface area (Å²) < 4.78 is 22.6. The molecule has 242 valence electrons. The number of hydrogen-bond donors (Lipinski definition) is 3. The number of benzene rings is 4. The maximum absolute atomic E-state index is 10.7. The number of nitrogens with zero attached hydrogens (tertiary/aromatic N) is 2. The standard InChI is InChI=1S/C37H42N2O7/c1-38-12-10-23-17-35(43-3)32(41)19-27(23)29(38)14-22-6-8-26(9-7-22)46-34-21-37(45-5)31(40)16-25(34)15-30-28-20-33(42)36(44-4)18-24(28)11-13-39(30)2/h6-9,16-21,29-30,40-42H,10-15H2,1-5H3. The van der Waals surface area contributed by atoms with Crippen molar-refractivity contribution in [1.29, 1.82) is 0 Å². The average molecular weight is 627 g/mol. The first-order valence-electron chi connectivity index (χ1n) is 15.6. The van der Waals surface area contributed by atoms with Gasteiger partial charge < -0.3 is 34.3 Å². The van der Waals surface area contributed by atoms with Gasteiger partial charge in [-0.2, -0.15) is 0 Å². The van der Waals surface area contributed by atoms with E-state index in [9.17, 15) is 15.3 Å². The summed E-state index contributed by atoms with van der Waals surface area (Å²) in [6.07, 6.45) is 3.08. The Kier molecular flexibility index (Phi) is 8.88. The van der Waals surface area contributed by atoms with Crippen molar-refractivity contribution in [3.63, 3.8) is 0 Å². The van der Waals surface area contributed by atoms with Gasteiger partial charge in [-0.3, -0.25) is 9.80 Å². The van der Waals surface area contributed by atoms with Crippen LogP contribution in [0.3, 0.4) is 0 Å². The van der Waals surface area contributed by atoms with E-state index in [4.69, 9.17) is 18.9 Å². The second kappa shape index (κ2) is 13.0. The van der Waals surface area contributed by atoms with E-state index in [1.54, 1.807) is 32.4 Å². The Bertz CT molecular complexity index is 1720. The highest BCUT2D eigenvalue weighted by Gasteiger charge is 2.29. The van der Waals surface area contributed by atoms with Gasteiger partial charge in [0.1, 0.15) is 11.5 Å². The third kappa shape index (κ3) is 6.12. The molecule has 2 atom stereocenters. The van der Waals surface area contributed by atoms with Crippen molar-refractivity contribution in [1.82, 2.24) is 9.80 Å². The minimum absolute atomic E-state index is 0.0389. The van der Waals surface area contributed by atoms with Crippen LogP contribution in [0, 0.1) is 0 Å². The first-order chi connectivity index (χ1) is 22.2. The first kappa shape index (κ1) is 31.4. The number of rotatable bonds is 9. The van der Waals surface area contributed by atoms with E-state index in [1.807, 2.05) is 30.3 Å². The van der Waals surface area contributed by atoms with Crippen molar-refractivity contribution in [2.24, 2.45) is 0 Å². The summed E-state index contributed by atoms with van der Waals surface area (Å²) >= 11 is 0. The van der Waals surface area contributed by atoms with E-state index in [1.165, 1.54) is 12.7 Å². The number of phenols is 3. The maximum atomic E-state index is 10.7. The number of phenolic OH excluding ortho intramolecular Hbond substituents is 3. The van der Waals surface area contributed by atoms with Gasteiger partial charge in [-0.1, -0.05) is 12.1 Å². The summed E-state index contributed by atoms with van der Waals surface area (Å²) in [5.41, 5.74) is 6.44. The van der Waals surface area contributed by atoms with E-state index < -0.39 is 0 Å². The van der Waals surface area contributed by atoms with Crippen LogP contribution in [0.25, 0.3) is 0 Å². The zero-order valence-electron chi connectivity index (χ0n) is 27.0. The molecule has 0 saturated carbocycles. The highest BCUT2D eigenvalue weighted by molar-refractivity contribution is 5.54. The van der Waals surface area contributed by atoms with Crippen LogP contribution >= 0.6 is 0 Å². The third-order valence-electron chi connectivity index (χ3n) is 9.49. The van der Waals surface area contributed by atoms with Crippen LogP contribution in [0.1, 0.15) is 45.5 Å². The van der Waals surface area contributed by atoms with Crippen molar-refractivity contribution >= 4 is 0 Å². The van der Waals surface area contributed by atoms with Gasteiger partial charge in [-0.05, 0) is 110 Å². The highest BCUT2D eigenvalue weighted by atomic mass is 16.5. The monoisotopic (exact) mass is 626 g/mol. The number of methoxy groups -OCH3 is 3. The molecule has 2 aliphatic rings. The fraction of sp³-hybridized carbons (Fsp3) is 0.351. The lowest BCUT2D eigenvalue weighted by atomic mass is 9.88. The molecule has 46 heavy (non-hydrogen) atoms. The molecule has 0 radical (unpaired) electrons. The molecule has 3 N–H and O–H groups in total. The van der Waals surface area contributed by atoms with E-state index >= 15 is 0 Å². The molecule has 9 nitrogen and oxygen atoms in total. The van der Waals surface area contributed by atoms with Crippen LogP contribution in [-0.4, -0.2) is 73.6 Å². The molecule has 0 amide bonds. The molecule has 0 spiro atoms. The largest absolute Gasteiger partial charge is 0.504 e. The molecular formula is C37H42N2O7. The quantitative estimate of drug-likeness (QED) is 0.201. The first-order valence-corrected chi connectivity index (χ1v) is 15.6. The molecule has 0 bridgehead atoms. The number of hydrogen-bond acceptors (Lipinski definition) is 9. The Morgan fingerprint density at radius 3 is 1.61 bits per heavy atom. The Morgan fingerprint density at radius 1 is 0.609 bits per heavy atom. The molecule has 0 aromatic heterocycles. The Morgan fingerprint density at radius 2 is 1.09 bits per heavy atom. The van der Waals surface area contributed by atoms with Crippen molar-refractivity contribution in [3.05, 3.63) is 94.0 Å². The topological polar surface area (TPSA) is 104 Å². The third-order valence-corrected chi connectivity index (χ3v) is 9.49. The molecule has 6 rings (SSSR count). The SMILES string of the molecule is COc1cc2c(cc1O)C(Cc1ccc(Oc3cc(OC)c(O)cc3CC3c4cc(O)c(OC)cc4CCN3C)cc1)N(C)CC2. The minimum Gasteiger partial charge on any atom is -0.504 e. The lowest BCUT2D eigenvalue weighted by Crippen LogP contribution is -2.33. The van der Waals surface area contributed by atoms with E-state index in [0.29, 0.717) is 35.2 Å².